The Bertz CT molecular complexity index is 556. The number of benzene rings is 1. The maximum Gasteiger partial charge on any atom is 0.122 e. The zero-order chi connectivity index (χ0) is 12.6. The average molecular weight is 230 g/mol. The summed E-state index contributed by atoms with van der Waals surface area (Å²) in [5.74, 6) is 0.908. The Balaban J connectivity index is 2.63. The lowest BCUT2D eigenvalue weighted by atomic mass is 9.99. The number of hydrogen-bond donors (Lipinski definition) is 1. The fraction of sp³-hybridized carbons (Fsp3) is 0.357. The van der Waals surface area contributed by atoms with Crippen LogP contribution in [0.15, 0.2) is 12.1 Å². The summed E-state index contributed by atoms with van der Waals surface area (Å²) in [6, 6.07) is 4.20. The van der Waals surface area contributed by atoms with Crippen LogP contribution in [0.5, 0.6) is 5.75 Å². The van der Waals surface area contributed by atoms with Gasteiger partial charge in [0.05, 0.1) is 12.8 Å². The van der Waals surface area contributed by atoms with E-state index in [0.717, 1.165) is 28.3 Å². The summed E-state index contributed by atoms with van der Waals surface area (Å²) in [6.45, 7) is 8.27. The van der Waals surface area contributed by atoms with Crippen molar-refractivity contribution in [1.82, 2.24) is 10.2 Å². The molecule has 1 aromatic carbocycles. The van der Waals surface area contributed by atoms with Crippen molar-refractivity contribution in [3.8, 4) is 17.0 Å². The highest BCUT2D eigenvalue weighted by atomic mass is 16.5. The Hall–Kier alpha value is -1.77. The molecule has 0 bridgehead atoms. The highest BCUT2D eigenvalue weighted by molar-refractivity contribution is 5.69. The lowest BCUT2D eigenvalue weighted by Gasteiger charge is -2.10. The number of aromatic nitrogens is 2. The van der Waals surface area contributed by atoms with Crippen molar-refractivity contribution in [2.45, 2.75) is 27.7 Å². The molecule has 1 N–H and O–H groups in total. The van der Waals surface area contributed by atoms with Crippen LogP contribution in [0.25, 0.3) is 11.3 Å². The minimum absolute atomic E-state index is 0.908. The van der Waals surface area contributed by atoms with Crippen molar-refractivity contribution < 1.29 is 4.74 Å². The van der Waals surface area contributed by atoms with Gasteiger partial charge in [0.25, 0.3) is 0 Å². The average Bonchev–Trinajstić information content (AvgIpc) is 2.61. The monoisotopic (exact) mass is 230 g/mol. The van der Waals surface area contributed by atoms with E-state index in [1.165, 1.54) is 11.1 Å². The second-order valence-electron chi connectivity index (χ2n) is 4.46. The number of H-pyrrole nitrogens is 1. The summed E-state index contributed by atoms with van der Waals surface area (Å²) in [5.41, 5.74) is 6.82. The first-order valence-corrected chi connectivity index (χ1v) is 5.71. The minimum Gasteiger partial charge on any atom is -0.496 e. The van der Waals surface area contributed by atoms with Crippen LogP contribution in [0.2, 0.25) is 0 Å². The molecular formula is C14H18N2O. The first-order valence-electron chi connectivity index (χ1n) is 5.71. The number of nitrogens with zero attached hydrogens (tertiary/aromatic N) is 1. The lowest BCUT2D eigenvalue weighted by Crippen LogP contribution is -1.92. The fourth-order valence-electron chi connectivity index (χ4n) is 2.05. The lowest BCUT2D eigenvalue weighted by molar-refractivity contribution is 0.412. The van der Waals surface area contributed by atoms with E-state index < -0.39 is 0 Å². The summed E-state index contributed by atoms with van der Waals surface area (Å²) in [6.07, 6.45) is 0. The van der Waals surface area contributed by atoms with E-state index in [2.05, 4.69) is 43.1 Å². The Morgan fingerprint density at radius 2 is 1.76 bits per heavy atom. The van der Waals surface area contributed by atoms with E-state index in [0.29, 0.717) is 0 Å². The number of aryl methyl sites for hydroxylation is 3. The van der Waals surface area contributed by atoms with E-state index in [-0.39, 0.29) is 0 Å². The summed E-state index contributed by atoms with van der Waals surface area (Å²) < 4.78 is 5.37. The van der Waals surface area contributed by atoms with E-state index in [9.17, 15) is 0 Å². The second kappa shape index (κ2) is 4.24. The summed E-state index contributed by atoms with van der Waals surface area (Å²) in [4.78, 5) is 0. The van der Waals surface area contributed by atoms with Crippen LogP contribution in [-0.4, -0.2) is 17.3 Å². The number of rotatable bonds is 2. The molecule has 0 saturated heterocycles. The van der Waals surface area contributed by atoms with Gasteiger partial charge in [-0.05, 0) is 50.5 Å². The number of aromatic amines is 1. The van der Waals surface area contributed by atoms with Gasteiger partial charge in [0.1, 0.15) is 5.75 Å². The number of hydrogen-bond acceptors (Lipinski definition) is 2. The van der Waals surface area contributed by atoms with E-state index in [1.807, 2.05) is 6.92 Å². The largest absolute Gasteiger partial charge is 0.496 e. The molecule has 2 aromatic rings. The van der Waals surface area contributed by atoms with Gasteiger partial charge in [0.15, 0.2) is 0 Å². The molecule has 0 atom stereocenters. The first kappa shape index (κ1) is 11.7. The Morgan fingerprint density at radius 3 is 2.29 bits per heavy atom. The van der Waals surface area contributed by atoms with Crippen LogP contribution in [0.4, 0.5) is 0 Å². The van der Waals surface area contributed by atoms with Gasteiger partial charge in [-0.15, -0.1) is 0 Å². The maximum atomic E-state index is 5.37. The van der Waals surface area contributed by atoms with Crippen LogP contribution >= 0.6 is 0 Å². The molecule has 0 fully saturated rings. The van der Waals surface area contributed by atoms with Gasteiger partial charge in [-0.25, -0.2) is 0 Å². The minimum atomic E-state index is 0.908. The van der Waals surface area contributed by atoms with E-state index >= 15 is 0 Å². The fourth-order valence-corrected chi connectivity index (χ4v) is 2.05. The molecule has 0 radical (unpaired) electrons. The highest BCUT2D eigenvalue weighted by Crippen LogP contribution is 2.31. The quantitative estimate of drug-likeness (QED) is 0.859. The van der Waals surface area contributed by atoms with Crippen molar-refractivity contribution in [2.75, 3.05) is 7.11 Å². The van der Waals surface area contributed by atoms with Gasteiger partial charge in [-0.1, -0.05) is 6.07 Å². The van der Waals surface area contributed by atoms with Crippen LogP contribution in [0.3, 0.4) is 0 Å². The third-order valence-corrected chi connectivity index (χ3v) is 3.25. The molecule has 2 rings (SSSR count). The zero-order valence-electron chi connectivity index (χ0n) is 11.0. The molecule has 0 saturated carbocycles. The van der Waals surface area contributed by atoms with E-state index in [4.69, 9.17) is 4.74 Å². The van der Waals surface area contributed by atoms with Gasteiger partial charge in [-0.3, -0.25) is 5.10 Å². The summed E-state index contributed by atoms with van der Waals surface area (Å²) >= 11 is 0. The topological polar surface area (TPSA) is 37.9 Å². The second-order valence-corrected chi connectivity index (χ2v) is 4.46. The smallest absolute Gasteiger partial charge is 0.122 e. The number of ether oxygens (including phenoxy) is 1. The van der Waals surface area contributed by atoms with Crippen molar-refractivity contribution in [2.24, 2.45) is 0 Å². The normalized spacial score (nSPS) is 10.6. The number of nitrogens with one attached hydrogen (secondary N) is 1. The molecule has 3 heteroatoms. The molecular weight excluding hydrogens is 212 g/mol. The SMILES string of the molecule is COc1cc(-c2n[nH]c(C)c2C)c(C)cc1C. The maximum absolute atomic E-state index is 5.37. The Kier molecular flexibility index (Phi) is 2.92. The molecule has 3 nitrogen and oxygen atoms in total. The Labute approximate surface area is 102 Å². The van der Waals surface area contributed by atoms with Crippen LogP contribution < -0.4 is 4.74 Å². The van der Waals surface area contributed by atoms with Gasteiger partial charge in [0.2, 0.25) is 0 Å². The van der Waals surface area contributed by atoms with E-state index in [1.54, 1.807) is 7.11 Å². The summed E-state index contributed by atoms with van der Waals surface area (Å²) in [7, 11) is 1.70. The highest BCUT2D eigenvalue weighted by Gasteiger charge is 2.13. The van der Waals surface area contributed by atoms with Crippen molar-refractivity contribution in [3.63, 3.8) is 0 Å². The first-order chi connectivity index (χ1) is 8.04. The molecule has 0 amide bonds. The molecule has 0 aliphatic heterocycles. The molecule has 17 heavy (non-hydrogen) atoms. The predicted molar refractivity (Wildman–Crippen MR) is 69.5 cm³/mol. The van der Waals surface area contributed by atoms with Gasteiger partial charge < -0.3 is 4.74 Å². The molecule has 1 aromatic heterocycles. The van der Waals surface area contributed by atoms with Crippen molar-refractivity contribution in [3.05, 3.63) is 34.5 Å². The summed E-state index contributed by atoms with van der Waals surface area (Å²) in [5, 5.41) is 7.39. The van der Waals surface area contributed by atoms with Crippen LogP contribution in [0, 0.1) is 27.7 Å². The van der Waals surface area contributed by atoms with Crippen molar-refractivity contribution in [1.29, 1.82) is 0 Å². The van der Waals surface area contributed by atoms with Gasteiger partial charge in [0, 0.05) is 11.3 Å². The van der Waals surface area contributed by atoms with Crippen LogP contribution in [-0.2, 0) is 0 Å². The Morgan fingerprint density at radius 1 is 1.06 bits per heavy atom. The standard InChI is InChI=1S/C14H18N2O/c1-8-6-9(2)13(17-5)7-12(8)14-10(3)11(4)15-16-14/h6-7H,1-5H3,(H,15,16). The molecule has 0 aliphatic rings. The molecule has 0 aliphatic carbocycles. The predicted octanol–water partition coefficient (Wildman–Crippen LogP) is 3.32. The zero-order valence-corrected chi connectivity index (χ0v) is 11.0. The third-order valence-electron chi connectivity index (χ3n) is 3.25. The van der Waals surface area contributed by atoms with Gasteiger partial charge >= 0.3 is 0 Å². The van der Waals surface area contributed by atoms with Crippen LogP contribution in [0.1, 0.15) is 22.4 Å². The number of methoxy groups -OCH3 is 1. The molecule has 0 spiro atoms. The molecule has 1 heterocycles. The molecule has 0 unspecified atom stereocenters. The molecule has 90 valence electrons. The van der Waals surface area contributed by atoms with Crippen molar-refractivity contribution >= 4 is 0 Å². The van der Waals surface area contributed by atoms with Gasteiger partial charge in [-0.2, -0.15) is 5.10 Å². The third kappa shape index (κ3) is 1.93.